The van der Waals surface area contributed by atoms with Crippen LogP contribution in [0.3, 0.4) is 0 Å². The predicted octanol–water partition coefficient (Wildman–Crippen LogP) is 7.83. The third kappa shape index (κ3) is 4.81. The van der Waals surface area contributed by atoms with Gasteiger partial charge in [-0.25, -0.2) is 4.79 Å². The van der Waals surface area contributed by atoms with Gasteiger partial charge in [0.1, 0.15) is 4.88 Å². The normalized spacial score (nSPS) is 11.7. The first-order chi connectivity index (χ1) is 15.9. The van der Waals surface area contributed by atoms with Crippen LogP contribution in [-0.2, 0) is 0 Å². The minimum Gasteiger partial charge on any atom is -0.477 e. The van der Waals surface area contributed by atoms with Crippen LogP contribution >= 0.6 is 34.5 Å². The van der Waals surface area contributed by atoms with Gasteiger partial charge in [-0.15, -0.1) is 11.3 Å². The van der Waals surface area contributed by atoms with E-state index in [0.29, 0.717) is 10.7 Å². The van der Waals surface area contributed by atoms with Gasteiger partial charge in [-0.2, -0.15) is 0 Å². The zero-order chi connectivity index (χ0) is 23.5. The Balaban J connectivity index is 1.90. The molecular weight excluding hydrogens is 477 g/mol. The van der Waals surface area contributed by atoms with Crippen molar-refractivity contribution in [3.05, 3.63) is 111 Å². The number of carboxylic acid groups (broad SMARTS) is 1. The molecule has 166 valence electrons. The molecule has 7 heteroatoms. The highest BCUT2D eigenvalue weighted by molar-refractivity contribution is 7.18. The van der Waals surface area contributed by atoms with Crippen LogP contribution in [0.15, 0.2) is 84.9 Å². The third-order valence-corrected chi connectivity index (χ3v) is 6.98. The Kier molecular flexibility index (Phi) is 6.84. The minimum atomic E-state index is -1.10. The van der Waals surface area contributed by atoms with Crippen molar-refractivity contribution in [1.82, 2.24) is 0 Å². The molecule has 0 aliphatic carbocycles. The van der Waals surface area contributed by atoms with E-state index in [9.17, 15) is 14.7 Å². The topological polar surface area (TPSA) is 57.6 Å². The second-order valence-corrected chi connectivity index (χ2v) is 9.28. The Morgan fingerprint density at radius 3 is 2.15 bits per heavy atom. The maximum atomic E-state index is 13.8. The summed E-state index contributed by atoms with van der Waals surface area (Å²) in [4.78, 5) is 28.4. The Morgan fingerprint density at radius 1 is 0.909 bits per heavy atom. The van der Waals surface area contributed by atoms with Crippen LogP contribution in [0.4, 0.5) is 5.69 Å². The van der Waals surface area contributed by atoms with E-state index in [1.807, 2.05) is 67.6 Å². The van der Waals surface area contributed by atoms with Gasteiger partial charge in [0.05, 0.1) is 22.3 Å². The highest BCUT2D eigenvalue weighted by atomic mass is 35.5. The molecular formula is C26H19Cl2NO3S. The summed E-state index contributed by atoms with van der Waals surface area (Å²) in [5, 5.41) is 10.6. The zero-order valence-electron chi connectivity index (χ0n) is 17.5. The van der Waals surface area contributed by atoms with Crippen molar-refractivity contribution in [2.24, 2.45) is 0 Å². The van der Waals surface area contributed by atoms with Crippen LogP contribution in [0.2, 0.25) is 10.0 Å². The highest BCUT2D eigenvalue weighted by Gasteiger charge is 2.31. The second kappa shape index (κ2) is 9.79. The molecule has 1 amide bonds. The summed E-state index contributed by atoms with van der Waals surface area (Å²) in [6, 6.07) is 24.9. The minimum absolute atomic E-state index is 0.0788. The van der Waals surface area contributed by atoms with Crippen molar-refractivity contribution in [2.45, 2.75) is 13.0 Å². The van der Waals surface area contributed by atoms with Gasteiger partial charge in [0.25, 0.3) is 5.91 Å². The van der Waals surface area contributed by atoms with Crippen LogP contribution in [-0.4, -0.2) is 17.0 Å². The standard InChI is InChI=1S/C26H19Cl2NO3S/c1-16(17-8-4-2-5-9-17)29(25(30)20-13-12-19(27)14-21(20)28)22-15-23(33-24(22)26(31)32)18-10-6-3-7-11-18/h2-16H,1H3,(H,31,32)/t16-/m1/s1. The van der Waals surface area contributed by atoms with Crippen molar-refractivity contribution in [1.29, 1.82) is 0 Å². The number of anilines is 1. The van der Waals surface area contributed by atoms with E-state index < -0.39 is 17.9 Å². The summed E-state index contributed by atoms with van der Waals surface area (Å²) in [5.74, 6) is -1.51. The first-order valence-corrected chi connectivity index (χ1v) is 11.7. The molecule has 3 aromatic carbocycles. The van der Waals surface area contributed by atoms with E-state index in [0.717, 1.165) is 27.3 Å². The smallest absolute Gasteiger partial charge is 0.348 e. The number of carbonyl (C=O) groups excluding carboxylic acids is 1. The third-order valence-electron chi connectivity index (χ3n) is 5.27. The van der Waals surface area contributed by atoms with E-state index in [-0.39, 0.29) is 15.5 Å². The molecule has 1 N–H and O–H groups in total. The second-order valence-electron chi connectivity index (χ2n) is 7.38. The van der Waals surface area contributed by atoms with Crippen LogP contribution in [0.25, 0.3) is 10.4 Å². The summed E-state index contributed by atoms with van der Waals surface area (Å²) >= 11 is 13.5. The average Bonchev–Trinajstić information content (AvgIpc) is 3.25. The SMILES string of the molecule is C[C@H](c1ccccc1)N(C(=O)c1ccc(Cl)cc1Cl)c1cc(-c2ccccc2)sc1C(=O)O. The fraction of sp³-hybridized carbons (Fsp3) is 0.0769. The van der Waals surface area contributed by atoms with Gasteiger partial charge in [-0.3, -0.25) is 9.69 Å². The monoisotopic (exact) mass is 495 g/mol. The van der Waals surface area contributed by atoms with Crippen molar-refractivity contribution in [2.75, 3.05) is 4.90 Å². The molecule has 4 aromatic rings. The molecule has 0 fully saturated rings. The number of halogens is 2. The molecule has 4 nitrogen and oxygen atoms in total. The summed E-state index contributed by atoms with van der Waals surface area (Å²) in [6.07, 6.45) is 0. The Bertz CT molecular complexity index is 1310. The van der Waals surface area contributed by atoms with Crippen molar-refractivity contribution in [3.63, 3.8) is 0 Å². The highest BCUT2D eigenvalue weighted by Crippen LogP contribution is 2.41. The van der Waals surface area contributed by atoms with Gasteiger partial charge in [0.15, 0.2) is 0 Å². The maximum absolute atomic E-state index is 13.8. The molecule has 1 heterocycles. The fourth-order valence-electron chi connectivity index (χ4n) is 3.63. The molecule has 0 radical (unpaired) electrons. The number of aromatic carboxylic acids is 1. The summed E-state index contributed by atoms with van der Waals surface area (Å²) < 4.78 is 0. The van der Waals surface area contributed by atoms with Crippen molar-refractivity contribution in [3.8, 4) is 10.4 Å². The van der Waals surface area contributed by atoms with E-state index in [1.54, 1.807) is 18.2 Å². The Hall–Kier alpha value is -3.12. The molecule has 0 spiro atoms. The van der Waals surface area contributed by atoms with Crippen LogP contribution in [0.1, 0.15) is 38.6 Å². The molecule has 1 aromatic heterocycles. The molecule has 0 saturated heterocycles. The van der Waals surface area contributed by atoms with E-state index >= 15 is 0 Å². The van der Waals surface area contributed by atoms with Gasteiger partial charge in [-0.05, 0) is 42.3 Å². The number of rotatable bonds is 6. The molecule has 33 heavy (non-hydrogen) atoms. The van der Waals surface area contributed by atoms with Gasteiger partial charge < -0.3 is 5.11 Å². The molecule has 0 aliphatic rings. The number of carbonyl (C=O) groups is 2. The number of benzene rings is 3. The van der Waals surface area contributed by atoms with Gasteiger partial charge in [-0.1, -0.05) is 83.9 Å². The number of hydrogen-bond donors (Lipinski definition) is 1. The Labute approximate surface area is 205 Å². The van der Waals surface area contributed by atoms with Crippen LogP contribution < -0.4 is 4.90 Å². The molecule has 1 atom stereocenters. The lowest BCUT2D eigenvalue weighted by Gasteiger charge is -2.30. The Morgan fingerprint density at radius 2 is 1.55 bits per heavy atom. The van der Waals surface area contributed by atoms with E-state index in [1.165, 1.54) is 11.0 Å². The lowest BCUT2D eigenvalue weighted by atomic mass is 10.0. The van der Waals surface area contributed by atoms with Gasteiger partial charge >= 0.3 is 5.97 Å². The number of carboxylic acids is 1. The lowest BCUT2D eigenvalue weighted by Crippen LogP contribution is -2.34. The fourth-order valence-corrected chi connectivity index (χ4v) is 5.11. The van der Waals surface area contributed by atoms with Gasteiger partial charge in [0.2, 0.25) is 0 Å². The zero-order valence-corrected chi connectivity index (χ0v) is 19.9. The summed E-state index contributed by atoms with van der Waals surface area (Å²) in [5.41, 5.74) is 2.30. The predicted molar refractivity (Wildman–Crippen MR) is 135 cm³/mol. The van der Waals surface area contributed by atoms with E-state index in [2.05, 4.69) is 0 Å². The molecule has 4 rings (SSSR count). The van der Waals surface area contributed by atoms with Gasteiger partial charge in [0, 0.05) is 9.90 Å². The van der Waals surface area contributed by atoms with Crippen LogP contribution in [0.5, 0.6) is 0 Å². The molecule has 0 aliphatic heterocycles. The number of thiophene rings is 1. The summed E-state index contributed by atoms with van der Waals surface area (Å²) in [7, 11) is 0. The maximum Gasteiger partial charge on any atom is 0.348 e. The first kappa shape index (κ1) is 23.1. The number of hydrogen-bond acceptors (Lipinski definition) is 3. The quantitative estimate of drug-likeness (QED) is 0.296. The van der Waals surface area contributed by atoms with Crippen molar-refractivity contribution >= 4 is 52.1 Å². The average molecular weight is 496 g/mol. The van der Waals surface area contributed by atoms with Crippen molar-refractivity contribution < 1.29 is 14.7 Å². The molecule has 0 unspecified atom stereocenters. The molecule has 0 bridgehead atoms. The van der Waals surface area contributed by atoms with Crippen LogP contribution in [0, 0.1) is 0 Å². The summed E-state index contributed by atoms with van der Waals surface area (Å²) in [6.45, 7) is 1.86. The molecule has 0 saturated carbocycles. The number of amides is 1. The van der Waals surface area contributed by atoms with E-state index in [4.69, 9.17) is 23.2 Å². The first-order valence-electron chi connectivity index (χ1n) is 10.1. The number of nitrogens with zero attached hydrogens (tertiary/aromatic N) is 1. The largest absolute Gasteiger partial charge is 0.477 e. The lowest BCUT2D eigenvalue weighted by molar-refractivity contribution is 0.0703.